The third-order valence-electron chi connectivity index (χ3n) is 1.03. The number of hydrogen-bond donors (Lipinski definition) is 0. The minimum atomic E-state index is -4.51. The Bertz CT molecular complexity index is 487. The van der Waals surface area contributed by atoms with Gasteiger partial charge in [0, 0.05) is 34.2 Å². The SMILES string of the molecule is O=C([OH2+])CP([O-])([O-])=[OH+].O=C([OH2+])CP([O-])([O-])=[OH+].O=C([OH2+])CP([O-])([O-])=[OH+].[Ga]. The molecule has 0 heterocycles. The van der Waals surface area contributed by atoms with Gasteiger partial charge in [-0.15, -0.1) is 0 Å². The topological polar surface area (TPSA) is 322 Å². The Morgan fingerprint density at radius 2 is 0.720 bits per heavy atom. The molecule has 0 unspecified atom stereocenters. The molecule has 0 bridgehead atoms. The van der Waals surface area contributed by atoms with Crippen molar-refractivity contribution in [1.29, 1.82) is 0 Å². The monoisotopic (exact) mass is 489 g/mol. The van der Waals surface area contributed by atoms with Crippen molar-refractivity contribution < 1.29 is 72.8 Å². The fraction of sp³-hybridized carbons (Fsp3) is 0.500. The van der Waals surface area contributed by atoms with Crippen LogP contribution in [0.1, 0.15) is 0 Å². The maximum atomic E-state index is 9.68. The molecule has 147 valence electrons. The molecule has 0 aromatic heterocycles. The number of hydrogen-bond acceptors (Lipinski definition) is 9. The Labute approximate surface area is 152 Å². The van der Waals surface area contributed by atoms with Gasteiger partial charge in [0.05, 0.1) is 0 Å². The Hall–Kier alpha value is -0.504. The molecule has 0 saturated heterocycles. The van der Waals surface area contributed by atoms with Crippen LogP contribution in [0.5, 0.6) is 0 Å². The fourth-order valence-electron chi connectivity index (χ4n) is 0.544. The van der Waals surface area contributed by atoms with E-state index in [0.29, 0.717) is 0 Å². The van der Waals surface area contributed by atoms with Gasteiger partial charge in [0.1, 0.15) is 22.8 Å². The van der Waals surface area contributed by atoms with Crippen LogP contribution in [-0.2, 0) is 14.4 Å². The number of rotatable bonds is 6. The summed E-state index contributed by atoms with van der Waals surface area (Å²) in [4.78, 5) is 86.9. The van der Waals surface area contributed by atoms with Crippen LogP contribution < -0.4 is 29.4 Å². The Balaban J connectivity index is -0.000000130. The summed E-state index contributed by atoms with van der Waals surface area (Å²) in [6, 6.07) is 0. The third-order valence-corrected chi connectivity index (χ3v) is 3.09. The molecule has 0 fully saturated rings. The average Bonchev–Trinajstić information content (AvgIpc) is 2.04. The van der Waals surface area contributed by atoms with E-state index in [9.17, 15) is 43.7 Å². The van der Waals surface area contributed by atoms with E-state index in [2.05, 4.69) is 0 Å². The molecule has 0 aliphatic rings. The molecular formula is C6H15GaO15P3. The average molecular weight is 490 g/mol. The van der Waals surface area contributed by atoms with E-state index in [4.69, 9.17) is 29.0 Å². The first kappa shape index (κ1) is 32.2. The molecule has 0 aliphatic carbocycles. The van der Waals surface area contributed by atoms with Crippen molar-refractivity contribution in [2.75, 3.05) is 18.5 Å². The third kappa shape index (κ3) is 51.7. The predicted molar refractivity (Wildman–Crippen MR) is 72.8 cm³/mol. The van der Waals surface area contributed by atoms with E-state index < -0.39 is 59.2 Å². The molecule has 19 heteroatoms. The molecule has 0 aromatic rings. The van der Waals surface area contributed by atoms with E-state index in [1.54, 1.807) is 0 Å². The quantitative estimate of drug-likeness (QED) is 0.194. The molecule has 0 aliphatic heterocycles. The van der Waals surface area contributed by atoms with E-state index >= 15 is 0 Å². The van der Waals surface area contributed by atoms with E-state index in [1.807, 2.05) is 0 Å². The van der Waals surface area contributed by atoms with Gasteiger partial charge in [0.25, 0.3) is 0 Å². The Morgan fingerprint density at radius 3 is 0.720 bits per heavy atom. The first-order valence-electron chi connectivity index (χ1n) is 5.07. The van der Waals surface area contributed by atoms with Crippen molar-refractivity contribution in [3.05, 3.63) is 0 Å². The standard InChI is InChI=1S/3C2H5O5P.Ga/c3*3-2(4)1-8(5,6)7;/h3*1H2,(H,3,4)(H2,5,6,7);. The molecule has 9 N–H and O–H groups in total. The summed E-state index contributed by atoms with van der Waals surface area (Å²) in [5, 5.41) is 18.2. The van der Waals surface area contributed by atoms with Gasteiger partial charge in [0.15, 0.2) is 18.5 Å². The Morgan fingerprint density at radius 1 is 0.600 bits per heavy atom. The van der Waals surface area contributed by atoms with Crippen LogP contribution in [0.25, 0.3) is 0 Å². The minimum absolute atomic E-state index is 0. The molecule has 0 saturated carbocycles. The van der Waals surface area contributed by atoms with Gasteiger partial charge >= 0.3 is 17.9 Å². The predicted octanol–water partition coefficient (Wildman–Crippen LogP) is -9.10. The summed E-state index contributed by atoms with van der Waals surface area (Å²) in [6.07, 6.45) is -3.27. The van der Waals surface area contributed by atoms with Gasteiger partial charge < -0.3 is 58.4 Å². The summed E-state index contributed by atoms with van der Waals surface area (Å²) in [5.74, 6) is -3.90. The van der Waals surface area contributed by atoms with E-state index in [0.717, 1.165) is 0 Å². The van der Waals surface area contributed by atoms with Crippen molar-refractivity contribution in [3.63, 3.8) is 0 Å². The van der Waals surface area contributed by atoms with Crippen LogP contribution in [-0.4, -0.2) is 85.2 Å². The van der Waals surface area contributed by atoms with Crippen LogP contribution in [0.3, 0.4) is 0 Å². The van der Waals surface area contributed by atoms with Crippen molar-refractivity contribution >= 4 is 60.5 Å². The maximum absolute atomic E-state index is 9.68. The first-order chi connectivity index (χ1) is 10.2. The summed E-state index contributed by atoms with van der Waals surface area (Å²) >= 11 is 0. The second-order valence-corrected chi connectivity index (χ2v) is 8.43. The van der Waals surface area contributed by atoms with Crippen molar-refractivity contribution in [3.8, 4) is 0 Å². The van der Waals surface area contributed by atoms with Gasteiger partial charge in [-0.1, -0.05) is 0 Å². The normalized spacial score (nSPS) is 10.8. The Kier molecular flexibility index (Phi) is 17.6. The summed E-state index contributed by atoms with van der Waals surface area (Å²) in [5.41, 5.74) is 0. The fourth-order valence-corrected chi connectivity index (χ4v) is 1.63. The molecule has 0 amide bonds. The largest absolute Gasteiger partial charge is 0.768 e. The van der Waals surface area contributed by atoms with Gasteiger partial charge in [-0.25, -0.2) is 0 Å². The molecule has 0 spiro atoms. The zero-order valence-corrected chi connectivity index (χ0v) is 17.2. The maximum Gasteiger partial charge on any atom is 0.526 e. The van der Waals surface area contributed by atoms with Gasteiger partial charge in [-0.3, -0.25) is 0 Å². The van der Waals surface area contributed by atoms with Crippen LogP contribution in [0.15, 0.2) is 0 Å². The molecule has 3 radical (unpaired) electrons. The molecule has 25 heavy (non-hydrogen) atoms. The van der Waals surface area contributed by atoms with E-state index in [1.165, 1.54) is 0 Å². The number of carbonyl (C=O) groups is 3. The van der Waals surface area contributed by atoms with Crippen LogP contribution in [0.2, 0.25) is 0 Å². The first-order valence-corrected chi connectivity index (χ1v) is 10.4. The van der Waals surface area contributed by atoms with Gasteiger partial charge in [-0.05, 0) is 0 Å². The summed E-state index contributed by atoms with van der Waals surface area (Å²) < 4.78 is 23.5. The van der Waals surface area contributed by atoms with Crippen molar-refractivity contribution in [2.24, 2.45) is 0 Å². The molecule has 0 aromatic carbocycles. The smallest absolute Gasteiger partial charge is 0.526 e. The molecule has 15 nitrogen and oxygen atoms in total. The molecular weight excluding hydrogens is 475 g/mol. The number of carbonyl (C=O) groups excluding carboxylic acids is 3. The zero-order chi connectivity index (χ0) is 20.4. The minimum Gasteiger partial charge on any atom is -0.768 e. The zero-order valence-electron chi connectivity index (χ0n) is 12.1. The second kappa shape index (κ2) is 13.7. The summed E-state index contributed by atoms with van der Waals surface area (Å²) in [6.45, 7) is 0. The van der Waals surface area contributed by atoms with Crippen molar-refractivity contribution in [2.45, 2.75) is 0 Å². The summed E-state index contributed by atoms with van der Waals surface area (Å²) in [7, 11) is -13.5. The van der Waals surface area contributed by atoms with Gasteiger partial charge in [0.2, 0.25) is 0 Å². The second-order valence-electron chi connectivity index (χ2n) is 3.66. The van der Waals surface area contributed by atoms with E-state index in [-0.39, 0.29) is 19.8 Å². The van der Waals surface area contributed by atoms with Crippen molar-refractivity contribution in [1.82, 2.24) is 0 Å². The van der Waals surface area contributed by atoms with Crippen LogP contribution in [0.4, 0.5) is 0 Å². The van der Waals surface area contributed by atoms with Crippen LogP contribution >= 0.6 is 22.8 Å². The van der Waals surface area contributed by atoms with Crippen LogP contribution in [0, 0.1) is 0 Å². The van der Waals surface area contributed by atoms with Gasteiger partial charge in [-0.2, -0.15) is 0 Å². The molecule has 0 atom stereocenters. The molecule has 0 rings (SSSR count).